The molecule has 12 nitrogen and oxygen atoms in total. The van der Waals surface area contributed by atoms with Crippen LogP contribution in [0.15, 0.2) is 48.5 Å². The van der Waals surface area contributed by atoms with Gasteiger partial charge in [0.2, 0.25) is 0 Å². The van der Waals surface area contributed by atoms with Crippen molar-refractivity contribution in [3.05, 3.63) is 59.7 Å². The fourth-order valence-corrected chi connectivity index (χ4v) is 3.72. The molecule has 42 heavy (non-hydrogen) atoms. The molecular weight excluding hydrogens is 548 g/mol. The Morgan fingerprint density at radius 2 is 0.905 bits per heavy atom. The Morgan fingerprint density at radius 3 is 1.07 bits per heavy atom. The molecule has 0 aromatic heterocycles. The molecule has 2 atom stereocenters. The summed E-state index contributed by atoms with van der Waals surface area (Å²) in [5.41, 5.74) is 7.10. The van der Waals surface area contributed by atoms with Gasteiger partial charge in [0.15, 0.2) is 0 Å². The van der Waals surface area contributed by atoms with Crippen molar-refractivity contribution in [2.45, 2.75) is 53.4 Å². The van der Waals surface area contributed by atoms with Crippen LogP contribution in [0.25, 0.3) is 0 Å². The average molecular weight is 595 g/mol. The molecular formula is C30H46N2O10. The smallest absolute Gasteiger partial charge is 0.335 e. The first kappa shape index (κ1) is 40.0. The van der Waals surface area contributed by atoms with Crippen LogP contribution in [0.3, 0.4) is 0 Å². The molecule has 0 spiro atoms. The number of para-hydroxylation sites is 2. The van der Waals surface area contributed by atoms with Gasteiger partial charge in [0.05, 0.1) is 37.1 Å². The molecule has 12 heteroatoms. The fraction of sp³-hybridized carbons (Fsp3) is 0.467. The van der Waals surface area contributed by atoms with Gasteiger partial charge in [-0.25, -0.2) is 9.59 Å². The molecule has 0 amide bonds. The highest BCUT2D eigenvalue weighted by molar-refractivity contribution is 5.90. The lowest BCUT2D eigenvalue weighted by Crippen LogP contribution is -2.54. The first-order valence-corrected chi connectivity index (χ1v) is 13.6. The number of carboxylic acid groups (broad SMARTS) is 4. The zero-order chi connectivity index (χ0) is 32.8. The predicted octanol–water partition coefficient (Wildman–Crippen LogP) is 1.65. The van der Waals surface area contributed by atoms with Gasteiger partial charge in [-0.15, -0.1) is 0 Å². The van der Waals surface area contributed by atoms with E-state index in [0.29, 0.717) is 11.8 Å². The minimum absolute atomic E-state index is 0.178. The Hall–Kier alpha value is -4.16. The van der Waals surface area contributed by atoms with E-state index in [1.165, 1.54) is 48.5 Å². The van der Waals surface area contributed by atoms with Gasteiger partial charge in [0, 0.05) is 11.8 Å². The number of carbonyl (C=O) groups is 4. The minimum atomic E-state index is -1.18. The van der Waals surface area contributed by atoms with E-state index in [-0.39, 0.29) is 35.8 Å². The molecule has 236 valence electrons. The zero-order valence-corrected chi connectivity index (χ0v) is 24.8. The molecule has 2 aromatic carbocycles. The monoisotopic (exact) mass is 594 g/mol. The molecule has 0 heterocycles. The van der Waals surface area contributed by atoms with E-state index in [1.54, 1.807) is 0 Å². The third-order valence-corrected chi connectivity index (χ3v) is 5.59. The second kappa shape index (κ2) is 22.5. The highest BCUT2D eigenvalue weighted by Crippen LogP contribution is 2.14. The van der Waals surface area contributed by atoms with Gasteiger partial charge in [-0.3, -0.25) is 9.59 Å². The third kappa shape index (κ3) is 20.7. The topological polar surface area (TPSA) is 251 Å². The molecule has 0 saturated carbocycles. The Kier molecular flexibility index (Phi) is 21.4. The van der Waals surface area contributed by atoms with E-state index >= 15 is 0 Å². The lowest BCUT2D eigenvalue weighted by Gasteiger charge is -2.11. The average Bonchev–Trinajstić information content (AvgIpc) is 2.88. The summed E-state index contributed by atoms with van der Waals surface area (Å²) in [7, 11) is 0. The molecule has 0 aliphatic rings. The van der Waals surface area contributed by atoms with E-state index in [2.05, 4.69) is 39.2 Å². The van der Waals surface area contributed by atoms with Crippen molar-refractivity contribution in [2.24, 2.45) is 23.7 Å². The summed E-state index contributed by atoms with van der Waals surface area (Å²) in [5, 5.41) is 55.1. The summed E-state index contributed by atoms with van der Waals surface area (Å²) in [6, 6.07) is 11.1. The van der Waals surface area contributed by atoms with Crippen molar-refractivity contribution in [3.63, 3.8) is 0 Å². The Morgan fingerprint density at radius 1 is 0.619 bits per heavy atom. The fourth-order valence-electron chi connectivity index (χ4n) is 3.72. The SMILES string of the molecule is CC(C)C[C@H](C[NH3+])CC(=O)O.CC(C)C[C@H](C[NH3+])CC(=O)O.O=C(O)c1ccccc1[O-].O=C(O)c1ccccc1[O-]. The van der Waals surface area contributed by atoms with Gasteiger partial charge in [-0.05, 0) is 36.8 Å². The van der Waals surface area contributed by atoms with Crippen LogP contribution in [0.5, 0.6) is 11.5 Å². The summed E-state index contributed by atoms with van der Waals surface area (Å²) < 4.78 is 0. The van der Waals surface area contributed by atoms with Crippen molar-refractivity contribution >= 4 is 23.9 Å². The van der Waals surface area contributed by atoms with E-state index in [4.69, 9.17) is 20.4 Å². The molecule has 0 saturated heterocycles. The highest BCUT2D eigenvalue weighted by atomic mass is 16.4. The van der Waals surface area contributed by atoms with Crippen LogP contribution < -0.4 is 21.7 Å². The minimum Gasteiger partial charge on any atom is -0.872 e. The first-order valence-electron chi connectivity index (χ1n) is 13.6. The third-order valence-electron chi connectivity index (χ3n) is 5.59. The van der Waals surface area contributed by atoms with Gasteiger partial charge in [0.25, 0.3) is 0 Å². The summed E-state index contributed by atoms with van der Waals surface area (Å²) in [5.74, 6) is -3.01. The summed E-state index contributed by atoms with van der Waals surface area (Å²) in [4.78, 5) is 41.1. The van der Waals surface area contributed by atoms with E-state index < -0.39 is 35.4 Å². The molecule has 0 bridgehead atoms. The molecule has 0 aliphatic carbocycles. The Bertz CT molecular complexity index is 1000. The van der Waals surface area contributed by atoms with Crippen molar-refractivity contribution in [1.82, 2.24) is 0 Å². The van der Waals surface area contributed by atoms with Crippen LogP contribution >= 0.6 is 0 Å². The number of carboxylic acids is 4. The van der Waals surface area contributed by atoms with Gasteiger partial charge in [0.1, 0.15) is 0 Å². The standard InChI is InChI=1S/2C8H17NO2.2C7H6O3/c2*1-6(2)3-7(5-9)4-8(10)11;2*8-6-4-2-1-3-5(6)7(9)10/h2*6-7H,3-5,9H2,1-2H3,(H,10,11);2*1-4,8H,(H,9,10)/t2*7-;;/m00../s1. The largest absolute Gasteiger partial charge is 0.872 e. The molecule has 0 radical (unpaired) electrons. The molecule has 0 aliphatic heterocycles. The lowest BCUT2D eigenvalue weighted by molar-refractivity contribution is -0.380. The van der Waals surface area contributed by atoms with Crippen LogP contribution in [0.4, 0.5) is 0 Å². The second-order valence-electron chi connectivity index (χ2n) is 10.4. The van der Waals surface area contributed by atoms with Crippen molar-refractivity contribution in [1.29, 1.82) is 0 Å². The van der Waals surface area contributed by atoms with Gasteiger partial charge >= 0.3 is 23.9 Å². The molecule has 2 aromatic rings. The zero-order valence-electron chi connectivity index (χ0n) is 24.8. The molecule has 0 fully saturated rings. The van der Waals surface area contributed by atoms with Gasteiger partial charge < -0.3 is 42.1 Å². The number of benzene rings is 2. The van der Waals surface area contributed by atoms with Crippen molar-refractivity contribution < 1.29 is 61.3 Å². The molecule has 2 rings (SSSR count). The van der Waals surface area contributed by atoms with Crippen LogP contribution in [-0.4, -0.2) is 57.4 Å². The summed E-state index contributed by atoms with van der Waals surface area (Å²) >= 11 is 0. The van der Waals surface area contributed by atoms with Gasteiger partial charge in [-0.1, -0.05) is 75.6 Å². The number of hydrogen-bond acceptors (Lipinski definition) is 6. The number of rotatable bonds is 12. The maximum absolute atomic E-state index is 10.7. The normalized spacial score (nSPS) is 11.4. The van der Waals surface area contributed by atoms with Crippen molar-refractivity contribution in [2.75, 3.05) is 13.1 Å². The van der Waals surface area contributed by atoms with Crippen LogP contribution in [0.1, 0.15) is 74.1 Å². The number of hydrogen-bond donors (Lipinski definition) is 6. The van der Waals surface area contributed by atoms with E-state index in [1.807, 2.05) is 0 Å². The maximum Gasteiger partial charge on any atom is 0.335 e. The van der Waals surface area contributed by atoms with E-state index in [0.717, 1.165) is 25.9 Å². The summed E-state index contributed by atoms with van der Waals surface area (Å²) in [6.07, 6.45) is 2.47. The van der Waals surface area contributed by atoms with Crippen molar-refractivity contribution in [3.8, 4) is 11.5 Å². The second-order valence-corrected chi connectivity index (χ2v) is 10.4. The number of aromatic carboxylic acids is 2. The summed E-state index contributed by atoms with van der Waals surface area (Å²) in [6.45, 7) is 9.86. The molecule has 0 unspecified atom stereocenters. The number of aliphatic carboxylic acids is 2. The van der Waals surface area contributed by atoms with Crippen LogP contribution in [0.2, 0.25) is 0 Å². The highest BCUT2D eigenvalue weighted by Gasteiger charge is 2.15. The first-order chi connectivity index (χ1) is 19.5. The maximum atomic E-state index is 10.7. The molecule has 10 N–H and O–H groups in total. The van der Waals surface area contributed by atoms with E-state index in [9.17, 15) is 29.4 Å². The quantitative estimate of drug-likeness (QED) is 0.207. The Labute approximate surface area is 246 Å². The Balaban J connectivity index is 0. The van der Waals surface area contributed by atoms with Crippen LogP contribution in [-0.2, 0) is 9.59 Å². The van der Waals surface area contributed by atoms with Gasteiger partial charge in [-0.2, -0.15) is 0 Å². The lowest BCUT2D eigenvalue weighted by atomic mass is 9.94. The van der Waals surface area contributed by atoms with Crippen LogP contribution in [0, 0.1) is 23.7 Å². The predicted molar refractivity (Wildman–Crippen MR) is 152 cm³/mol. The number of quaternary nitrogens is 2.